The first-order chi connectivity index (χ1) is 18.1. The molecular weight excluding hydrogens is 527 g/mol. The van der Waals surface area contributed by atoms with Crippen LogP contribution < -0.4 is 10.0 Å². The molecule has 1 aliphatic carbocycles. The molecule has 1 aliphatic rings. The summed E-state index contributed by atoms with van der Waals surface area (Å²) in [5.41, 5.74) is 2.13. The topological polar surface area (TPSA) is 99.9 Å². The first kappa shape index (κ1) is 27.9. The molecule has 1 fully saturated rings. The van der Waals surface area contributed by atoms with Crippen LogP contribution in [-0.2, 0) is 22.9 Å². The van der Waals surface area contributed by atoms with E-state index in [1.807, 2.05) is 0 Å². The monoisotopic (exact) mass is 559 g/mol. The van der Waals surface area contributed by atoms with E-state index in [0.29, 0.717) is 42.0 Å². The van der Waals surface area contributed by atoms with Crippen molar-refractivity contribution in [3.8, 4) is 0 Å². The number of nitrogens with zero attached hydrogens (tertiary/aromatic N) is 4. The van der Waals surface area contributed by atoms with Gasteiger partial charge in [-0.1, -0.05) is 23.7 Å². The van der Waals surface area contributed by atoms with E-state index in [-0.39, 0.29) is 15.7 Å². The van der Waals surface area contributed by atoms with Crippen molar-refractivity contribution < 1.29 is 17.4 Å². The Morgan fingerprint density at radius 1 is 1.11 bits per heavy atom. The molecule has 0 saturated heterocycles. The zero-order valence-corrected chi connectivity index (χ0v) is 23.4. The van der Waals surface area contributed by atoms with E-state index >= 15 is 0 Å². The highest BCUT2D eigenvalue weighted by molar-refractivity contribution is 7.92. The van der Waals surface area contributed by atoms with Crippen LogP contribution >= 0.6 is 11.6 Å². The quantitative estimate of drug-likeness (QED) is 0.286. The van der Waals surface area contributed by atoms with Crippen molar-refractivity contribution >= 4 is 39.6 Å². The Hall–Kier alpha value is -3.11. The minimum atomic E-state index is -4.08. The standard InChI is InChI=1S/C27H33ClFN6O2S/c1-18-21(14-24(29)26(32-18)34-38(36,37)25-7-5-4-6-23(25)28)11-8-20-15-30-27(31-16-20)33-22-12-9-19(10-13-22)17-35(2)3/h4-7,14-17,19,22H,8-13H2,1-3H3,(H,32,34)(H,30,31,33)/q+1. The molecule has 0 radical (unpaired) electrons. The Kier molecular flexibility index (Phi) is 8.94. The van der Waals surface area contributed by atoms with Crippen molar-refractivity contribution in [2.24, 2.45) is 5.92 Å². The molecule has 0 unspecified atom stereocenters. The summed E-state index contributed by atoms with van der Waals surface area (Å²) in [5, 5.41) is 3.48. The first-order valence-corrected chi connectivity index (χ1v) is 14.5. The lowest BCUT2D eigenvalue weighted by atomic mass is 9.87. The van der Waals surface area contributed by atoms with E-state index in [1.54, 1.807) is 31.5 Å². The number of aromatic nitrogens is 3. The van der Waals surface area contributed by atoms with E-state index < -0.39 is 15.8 Å². The van der Waals surface area contributed by atoms with Crippen molar-refractivity contribution in [3.05, 3.63) is 70.4 Å². The summed E-state index contributed by atoms with van der Waals surface area (Å²) in [6, 6.07) is 7.65. The first-order valence-electron chi connectivity index (χ1n) is 12.6. The lowest BCUT2D eigenvalue weighted by Gasteiger charge is -2.26. The molecule has 2 aromatic heterocycles. The maximum atomic E-state index is 14.8. The van der Waals surface area contributed by atoms with Gasteiger partial charge in [-0.2, -0.15) is 0 Å². The summed E-state index contributed by atoms with van der Waals surface area (Å²) in [6.45, 7) is 1.72. The van der Waals surface area contributed by atoms with Crippen molar-refractivity contribution in [1.29, 1.82) is 0 Å². The van der Waals surface area contributed by atoms with Gasteiger partial charge in [0.25, 0.3) is 10.0 Å². The molecule has 3 aromatic rings. The lowest BCUT2D eigenvalue weighted by molar-refractivity contribution is -0.462. The third kappa shape index (κ3) is 7.26. The molecule has 11 heteroatoms. The van der Waals surface area contributed by atoms with E-state index in [1.165, 1.54) is 18.2 Å². The van der Waals surface area contributed by atoms with Crippen LogP contribution in [0.15, 0.2) is 47.6 Å². The van der Waals surface area contributed by atoms with Gasteiger partial charge in [0.1, 0.15) is 25.2 Å². The normalized spacial score (nSPS) is 17.6. The number of rotatable bonds is 9. The number of benzene rings is 1. The molecule has 0 spiro atoms. The summed E-state index contributed by atoms with van der Waals surface area (Å²) >= 11 is 6.00. The maximum Gasteiger partial charge on any atom is 0.264 e. The molecule has 0 aliphatic heterocycles. The van der Waals surface area contributed by atoms with Gasteiger partial charge in [0.05, 0.1) is 5.02 Å². The van der Waals surface area contributed by atoms with Crippen molar-refractivity contribution in [2.45, 2.75) is 56.4 Å². The number of hydrogen-bond donors (Lipinski definition) is 2. The summed E-state index contributed by atoms with van der Waals surface area (Å²) in [7, 11) is 0.0481. The molecule has 202 valence electrons. The maximum absolute atomic E-state index is 14.8. The Morgan fingerprint density at radius 3 is 2.45 bits per heavy atom. The minimum Gasteiger partial charge on any atom is -0.351 e. The Bertz CT molecular complexity index is 1400. The second-order valence-corrected chi connectivity index (χ2v) is 11.9. The molecule has 0 bridgehead atoms. The van der Waals surface area contributed by atoms with Gasteiger partial charge in [-0.05, 0) is 74.8 Å². The number of nitrogens with one attached hydrogen (secondary N) is 2. The third-order valence-electron chi connectivity index (χ3n) is 6.63. The van der Waals surface area contributed by atoms with Gasteiger partial charge in [0, 0.05) is 30.0 Å². The SMILES string of the molecule is Cc1nc(NS(=O)(=O)c2ccccc2Cl)c(F)cc1CCc1cnc(NC2CCC(C=[N+](C)C)CC2)nc1. The van der Waals surface area contributed by atoms with Crippen molar-refractivity contribution in [1.82, 2.24) is 15.0 Å². The number of anilines is 2. The second kappa shape index (κ2) is 12.2. The van der Waals surface area contributed by atoms with Crippen LogP contribution in [0.3, 0.4) is 0 Å². The van der Waals surface area contributed by atoms with Gasteiger partial charge in [0.15, 0.2) is 11.6 Å². The van der Waals surface area contributed by atoms with Crippen molar-refractivity contribution in [2.75, 3.05) is 24.1 Å². The smallest absolute Gasteiger partial charge is 0.264 e. The molecule has 1 aromatic carbocycles. The van der Waals surface area contributed by atoms with Gasteiger partial charge < -0.3 is 5.32 Å². The number of aryl methyl sites for hydroxylation is 3. The van der Waals surface area contributed by atoms with Crippen molar-refractivity contribution in [3.63, 3.8) is 0 Å². The molecule has 0 atom stereocenters. The molecule has 4 rings (SSSR count). The molecule has 38 heavy (non-hydrogen) atoms. The highest BCUT2D eigenvalue weighted by Gasteiger charge is 2.23. The van der Waals surface area contributed by atoms with Gasteiger partial charge >= 0.3 is 0 Å². The average molecular weight is 560 g/mol. The zero-order chi connectivity index (χ0) is 27.3. The van der Waals surface area contributed by atoms with Crippen LogP contribution in [0.1, 0.15) is 42.5 Å². The average Bonchev–Trinajstić information content (AvgIpc) is 2.87. The fraction of sp³-hybridized carbons (Fsp3) is 0.407. The van der Waals surface area contributed by atoms with Crippen LogP contribution in [0, 0.1) is 18.7 Å². The van der Waals surface area contributed by atoms with Gasteiger partial charge in [0.2, 0.25) is 5.95 Å². The van der Waals surface area contributed by atoms with E-state index in [0.717, 1.165) is 31.2 Å². The number of halogens is 2. The zero-order valence-electron chi connectivity index (χ0n) is 21.8. The van der Waals surface area contributed by atoms with Crippen LogP contribution in [-0.4, -0.2) is 54.3 Å². The molecule has 8 nitrogen and oxygen atoms in total. The predicted molar refractivity (Wildman–Crippen MR) is 148 cm³/mol. The largest absolute Gasteiger partial charge is 0.351 e. The number of sulfonamides is 1. The van der Waals surface area contributed by atoms with E-state index in [2.05, 4.69) is 49.9 Å². The van der Waals surface area contributed by atoms with E-state index in [4.69, 9.17) is 11.6 Å². The number of hydrogen-bond acceptors (Lipinski definition) is 6. The molecular formula is C27H33ClFN6O2S+. The van der Waals surface area contributed by atoms with Crippen LogP contribution in [0.2, 0.25) is 5.02 Å². The van der Waals surface area contributed by atoms with Gasteiger partial charge in [-0.25, -0.2) is 32.3 Å². The van der Waals surface area contributed by atoms with Crippen LogP contribution in [0.4, 0.5) is 16.2 Å². The van der Waals surface area contributed by atoms with Crippen LogP contribution in [0.25, 0.3) is 0 Å². The Balaban J connectivity index is 1.33. The van der Waals surface area contributed by atoms with Gasteiger partial charge in [-0.15, -0.1) is 0 Å². The summed E-state index contributed by atoms with van der Waals surface area (Å²) in [4.78, 5) is 13.0. The van der Waals surface area contributed by atoms with Gasteiger partial charge in [-0.3, -0.25) is 4.72 Å². The second-order valence-electron chi connectivity index (χ2n) is 9.88. The summed E-state index contributed by atoms with van der Waals surface area (Å²) in [5.74, 6) is 0.132. The Labute approximate surface area is 228 Å². The highest BCUT2D eigenvalue weighted by Crippen LogP contribution is 2.26. The van der Waals surface area contributed by atoms with E-state index in [9.17, 15) is 12.8 Å². The molecule has 2 heterocycles. The van der Waals surface area contributed by atoms with Crippen LogP contribution in [0.5, 0.6) is 0 Å². The summed E-state index contributed by atoms with van der Waals surface area (Å²) < 4.78 is 44.5. The minimum absolute atomic E-state index is 0.0447. The predicted octanol–water partition coefficient (Wildman–Crippen LogP) is 4.87. The molecule has 1 saturated carbocycles. The fourth-order valence-corrected chi connectivity index (χ4v) is 6.17. The summed E-state index contributed by atoms with van der Waals surface area (Å²) in [6.07, 6.45) is 11.4. The highest BCUT2D eigenvalue weighted by atomic mass is 35.5. The lowest BCUT2D eigenvalue weighted by Crippen LogP contribution is -2.28. The molecule has 0 amide bonds. The third-order valence-corrected chi connectivity index (χ3v) is 8.47. The number of pyridine rings is 1. The molecule has 2 N–H and O–H groups in total. The Morgan fingerprint density at radius 2 is 1.79 bits per heavy atom. The fourth-order valence-electron chi connectivity index (χ4n) is 4.64.